The number of hydrogen-bond donors (Lipinski definition) is 0. The molecule has 0 amide bonds. The van der Waals surface area contributed by atoms with Crippen molar-refractivity contribution in [3.05, 3.63) is 0 Å². The van der Waals surface area contributed by atoms with E-state index >= 15 is 0 Å². The van der Waals surface area contributed by atoms with Gasteiger partial charge in [-0.3, -0.25) is 0 Å². The lowest BCUT2D eigenvalue weighted by Gasteiger charge is -2.16. The van der Waals surface area contributed by atoms with Crippen LogP contribution in [0, 0.1) is 11.8 Å². The smallest absolute Gasteiger partial charge is 0.0844 e. The van der Waals surface area contributed by atoms with E-state index in [0.717, 1.165) is 11.8 Å². The van der Waals surface area contributed by atoms with Crippen molar-refractivity contribution in [3.63, 3.8) is 0 Å². The molecule has 0 aromatic heterocycles. The number of rotatable bonds is 5. The van der Waals surface area contributed by atoms with Crippen LogP contribution in [0.25, 0.3) is 0 Å². The molecule has 0 aromatic rings. The summed E-state index contributed by atoms with van der Waals surface area (Å²) in [7, 11) is 0. The summed E-state index contributed by atoms with van der Waals surface area (Å²) in [6.45, 7) is 9.17. The summed E-state index contributed by atoms with van der Waals surface area (Å²) in [5.74, 6) is 1.68. The zero-order valence-corrected chi connectivity index (χ0v) is 8.84. The Morgan fingerprint density at radius 3 is 2.17 bits per heavy atom. The molecule has 1 nitrogen and oxygen atoms in total. The van der Waals surface area contributed by atoms with Crippen molar-refractivity contribution in [2.45, 2.75) is 59.2 Å². The van der Waals surface area contributed by atoms with Crippen molar-refractivity contribution in [2.75, 3.05) is 0 Å². The van der Waals surface area contributed by atoms with Crippen LogP contribution in [0.4, 0.5) is 0 Å². The minimum atomic E-state index is 0.594. The van der Waals surface area contributed by atoms with Gasteiger partial charge < -0.3 is 4.74 Å². The topological polar surface area (TPSA) is 12.5 Å². The lowest BCUT2D eigenvalue weighted by Crippen LogP contribution is -2.10. The third kappa shape index (κ3) is 2.48. The molecule has 0 radical (unpaired) electrons. The highest BCUT2D eigenvalue weighted by molar-refractivity contribution is 4.85. The molecule has 0 spiro atoms. The number of hydrogen-bond acceptors (Lipinski definition) is 1. The molecule has 1 heteroatoms. The van der Waals surface area contributed by atoms with Crippen molar-refractivity contribution in [2.24, 2.45) is 11.8 Å². The Bertz CT molecular complexity index is 133. The number of ether oxygens (including phenoxy) is 1. The second-order valence-electron chi connectivity index (χ2n) is 4.22. The van der Waals surface area contributed by atoms with Gasteiger partial charge >= 0.3 is 0 Å². The molecule has 1 heterocycles. The fourth-order valence-corrected chi connectivity index (χ4v) is 1.75. The van der Waals surface area contributed by atoms with Gasteiger partial charge in [0.2, 0.25) is 0 Å². The van der Waals surface area contributed by atoms with Gasteiger partial charge in [-0.1, -0.05) is 34.1 Å². The van der Waals surface area contributed by atoms with Crippen LogP contribution in [-0.2, 0) is 4.74 Å². The van der Waals surface area contributed by atoms with Crippen LogP contribution in [0.15, 0.2) is 0 Å². The molecule has 1 saturated heterocycles. The Morgan fingerprint density at radius 2 is 1.75 bits per heavy atom. The molecular weight excluding hydrogens is 148 g/mol. The molecule has 72 valence electrons. The van der Waals surface area contributed by atoms with E-state index < -0.39 is 0 Å². The van der Waals surface area contributed by atoms with E-state index in [1.165, 1.54) is 19.3 Å². The third-order valence-electron chi connectivity index (χ3n) is 3.31. The Kier molecular flexibility index (Phi) is 3.57. The summed E-state index contributed by atoms with van der Waals surface area (Å²) in [4.78, 5) is 0. The summed E-state index contributed by atoms with van der Waals surface area (Å²) in [5, 5.41) is 0. The normalized spacial score (nSPS) is 33.0. The predicted octanol–water partition coefficient (Wildman–Crippen LogP) is 3.24. The third-order valence-corrected chi connectivity index (χ3v) is 3.31. The van der Waals surface area contributed by atoms with Gasteiger partial charge in [0.15, 0.2) is 0 Å². The highest BCUT2D eigenvalue weighted by atomic mass is 16.6. The molecule has 1 aliphatic rings. The van der Waals surface area contributed by atoms with E-state index in [2.05, 4.69) is 27.7 Å². The van der Waals surface area contributed by atoms with Gasteiger partial charge in [-0.2, -0.15) is 0 Å². The predicted molar refractivity (Wildman–Crippen MR) is 52.2 cm³/mol. The molecule has 0 aromatic carbocycles. The summed E-state index contributed by atoms with van der Waals surface area (Å²) in [5.41, 5.74) is 0. The standard InChI is InChI=1S/C11H22O/c1-5-8(3)9(4)7-11-10(6-2)12-11/h8-11H,5-7H2,1-4H3. The summed E-state index contributed by atoms with van der Waals surface area (Å²) in [6, 6.07) is 0. The lowest BCUT2D eigenvalue weighted by atomic mass is 9.89. The molecule has 1 rings (SSSR count). The maximum absolute atomic E-state index is 5.53. The molecule has 0 N–H and O–H groups in total. The largest absolute Gasteiger partial charge is 0.370 e. The van der Waals surface area contributed by atoms with Crippen LogP contribution >= 0.6 is 0 Å². The first-order valence-electron chi connectivity index (χ1n) is 5.34. The van der Waals surface area contributed by atoms with E-state index in [4.69, 9.17) is 4.74 Å². The van der Waals surface area contributed by atoms with Crippen molar-refractivity contribution in [1.82, 2.24) is 0 Å². The zero-order valence-electron chi connectivity index (χ0n) is 8.84. The lowest BCUT2D eigenvalue weighted by molar-refractivity contribution is 0.295. The highest BCUT2D eigenvalue weighted by Crippen LogP contribution is 2.33. The average Bonchev–Trinajstić information content (AvgIpc) is 2.81. The first-order valence-corrected chi connectivity index (χ1v) is 5.34. The van der Waals surface area contributed by atoms with Gasteiger partial charge in [0.05, 0.1) is 12.2 Å². The first kappa shape index (κ1) is 10.0. The van der Waals surface area contributed by atoms with Gasteiger partial charge in [-0.15, -0.1) is 0 Å². The van der Waals surface area contributed by atoms with Crippen LogP contribution in [0.1, 0.15) is 47.0 Å². The molecule has 4 atom stereocenters. The van der Waals surface area contributed by atoms with E-state index in [1.807, 2.05) is 0 Å². The van der Waals surface area contributed by atoms with Crippen LogP contribution in [0.5, 0.6) is 0 Å². The zero-order chi connectivity index (χ0) is 9.14. The van der Waals surface area contributed by atoms with Crippen LogP contribution in [-0.4, -0.2) is 12.2 Å². The second-order valence-corrected chi connectivity index (χ2v) is 4.22. The monoisotopic (exact) mass is 170 g/mol. The Balaban J connectivity index is 2.15. The molecule has 1 fully saturated rings. The molecule has 4 unspecified atom stereocenters. The maximum Gasteiger partial charge on any atom is 0.0844 e. The molecule has 0 saturated carbocycles. The van der Waals surface area contributed by atoms with E-state index in [1.54, 1.807) is 0 Å². The Morgan fingerprint density at radius 1 is 1.08 bits per heavy atom. The maximum atomic E-state index is 5.53. The minimum Gasteiger partial charge on any atom is -0.370 e. The van der Waals surface area contributed by atoms with Gasteiger partial charge in [0, 0.05) is 0 Å². The fraction of sp³-hybridized carbons (Fsp3) is 1.00. The Hall–Kier alpha value is -0.0400. The van der Waals surface area contributed by atoms with E-state index in [0.29, 0.717) is 12.2 Å². The molecule has 0 bridgehead atoms. The number of epoxide rings is 1. The van der Waals surface area contributed by atoms with E-state index in [-0.39, 0.29) is 0 Å². The van der Waals surface area contributed by atoms with Crippen LogP contribution in [0.3, 0.4) is 0 Å². The fourth-order valence-electron chi connectivity index (χ4n) is 1.75. The quantitative estimate of drug-likeness (QED) is 0.577. The summed E-state index contributed by atoms with van der Waals surface area (Å²) in [6.07, 6.45) is 4.95. The molecular formula is C11H22O. The average molecular weight is 170 g/mol. The van der Waals surface area contributed by atoms with Crippen LogP contribution < -0.4 is 0 Å². The molecule has 0 aliphatic carbocycles. The van der Waals surface area contributed by atoms with Crippen molar-refractivity contribution in [3.8, 4) is 0 Å². The second kappa shape index (κ2) is 4.27. The van der Waals surface area contributed by atoms with Crippen molar-refractivity contribution >= 4 is 0 Å². The Labute approximate surface area is 76.5 Å². The van der Waals surface area contributed by atoms with Gasteiger partial charge in [0.25, 0.3) is 0 Å². The van der Waals surface area contributed by atoms with Crippen molar-refractivity contribution in [1.29, 1.82) is 0 Å². The van der Waals surface area contributed by atoms with Crippen molar-refractivity contribution < 1.29 is 4.74 Å². The minimum absolute atomic E-state index is 0.594. The SMILES string of the molecule is CCC(C)C(C)CC1OC1CC. The molecule has 12 heavy (non-hydrogen) atoms. The van der Waals surface area contributed by atoms with Gasteiger partial charge in [-0.05, 0) is 24.7 Å². The first-order chi connectivity index (χ1) is 5.69. The molecule has 1 aliphatic heterocycles. The highest BCUT2D eigenvalue weighted by Gasteiger charge is 2.38. The van der Waals surface area contributed by atoms with Crippen LogP contribution in [0.2, 0.25) is 0 Å². The summed E-state index contributed by atoms with van der Waals surface area (Å²) >= 11 is 0. The van der Waals surface area contributed by atoms with Gasteiger partial charge in [0.1, 0.15) is 0 Å². The summed E-state index contributed by atoms with van der Waals surface area (Å²) < 4.78 is 5.53. The van der Waals surface area contributed by atoms with Gasteiger partial charge in [-0.25, -0.2) is 0 Å². The van der Waals surface area contributed by atoms with E-state index in [9.17, 15) is 0 Å².